The van der Waals surface area contributed by atoms with E-state index < -0.39 is 12.1 Å². The Balaban J connectivity index is 1.66. The third-order valence-corrected chi connectivity index (χ3v) is 3.80. The lowest BCUT2D eigenvalue weighted by atomic mass is 10.0. The molecule has 1 aromatic rings. The van der Waals surface area contributed by atoms with Crippen molar-refractivity contribution >= 4 is 5.97 Å². The summed E-state index contributed by atoms with van der Waals surface area (Å²) in [5.74, 6) is 0.670. The Labute approximate surface area is 114 Å². The van der Waals surface area contributed by atoms with Crippen LogP contribution in [0.3, 0.4) is 0 Å². The number of esters is 1. The highest BCUT2D eigenvalue weighted by molar-refractivity contribution is 5.74. The third kappa shape index (κ3) is 4.35. The standard InChI is InChI=1S/C16H22O3/c1-2-19-16(18)15(17)11-14-10-13(14)9-8-12-6-4-3-5-7-12/h3-7,13-15,17H,2,8-11H2,1H3/t13-,14+,15-/m0/s1. The van der Waals surface area contributed by atoms with Crippen molar-refractivity contribution in [2.75, 3.05) is 6.61 Å². The Kier molecular flexibility index (Phi) is 4.97. The van der Waals surface area contributed by atoms with Crippen molar-refractivity contribution in [3.8, 4) is 0 Å². The lowest BCUT2D eigenvalue weighted by molar-refractivity contribution is -0.153. The molecule has 0 aliphatic heterocycles. The number of rotatable bonds is 7. The van der Waals surface area contributed by atoms with Gasteiger partial charge in [-0.3, -0.25) is 0 Å². The summed E-state index contributed by atoms with van der Waals surface area (Å²) in [5, 5.41) is 9.69. The molecule has 1 aromatic carbocycles. The first-order chi connectivity index (χ1) is 9.20. The van der Waals surface area contributed by atoms with E-state index in [-0.39, 0.29) is 0 Å². The predicted molar refractivity (Wildman–Crippen MR) is 73.6 cm³/mol. The van der Waals surface area contributed by atoms with E-state index in [1.165, 1.54) is 5.56 Å². The fourth-order valence-electron chi connectivity index (χ4n) is 2.57. The fraction of sp³-hybridized carbons (Fsp3) is 0.562. The summed E-state index contributed by atoms with van der Waals surface area (Å²) in [5.41, 5.74) is 1.36. The van der Waals surface area contributed by atoms with Gasteiger partial charge in [0.15, 0.2) is 6.10 Å². The summed E-state index contributed by atoms with van der Waals surface area (Å²) in [6, 6.07) is 10.4. The second-order valence-corrected chi connectivity index (χ2v) is 5.28. The van der Waals surface area contributed by atoms with E-state index in [2.05, 4.69) is 24.3 Å². The van der Waals surface area contributed by atoms with Crippen molar-refractivity contribution < 1.29 is 14.6 Å². The van der Waals surface area contributed by atoms with Crippen LogP contribution in [-0.4, -0.2) is 23.8 Å². The first kappa shape index (κ1) is 14.1. The molecule has 3 atom stereocenters. The maximum atomic E-state index is 11.3. The quantitative estimate of drug-likeness (QED) is 0.768. The van der Waals surface area contributed by atoms with E-state index in [1.807, 2.05) is 6.07 Å². The molecule has 1 N–H and O–H groups in total. The smallest absolute Gasteiger partial charge is 0.334 e. The molecule has 3 heteroatoms. The molecule has 0 bridgehead atoms. The van der Waals surface area contributed by atoms with Crippen molar-refractivity contribution in [3.63, 3.8) is 0 Å². The molecule has 0 saturated heterocycles. The summed E-state index contributed by atoms with van der Waals surface area (Å²) in [7, 11) is 0. The molecule has 0 spiro atoms. The van der Waals surface area contributed by atoms with Crippen molar-refractivity contribution in [3.05, 3.63) is 35.9 Å². The van der Waals surface area contributed by atoms with Crippen LogP contribution in [0.25, 0.3) is 0 Å². The normalized spacial score (nSPS) is 22.8. The van der Waals surface area contributed by atoms with Crippen molar-refractivity contribution in [1.82, 2.24) is 0 Å². The Hall–Kier alpha value is -1.35. The molecule has 0 radical (unpaired) electrons. The number of hydrogen-bond donors (Lipinski definition) is 1. The van der Waals surface area contributed by atoms with Gasteiger partial charge in [0.2, 0.25) is 0 Å². The molecule has 0 amide bonds. The minimum absolute atomic E-state index is 0.331. The number of carbonyl (C=O) groups excluding carboxylic acids is 1. The summed E-state index contributed by atoms with van der Waals surface area (Å²) < 4.78 is 4.81. The van der Waals surface area contributed by atoms with Crippen LogP contribution >= 0.6 is 0 Å². The highest BCUT2D eigenvalue weighted by Gasteiger charge is 2.39. The zero-order chi connectivity index (χ0) is 13.7. The largest absolute Gasteiger partial charge is 0.464 e. The SMILES string of the molecule is CCOC(=O)[C@@H](O)C[C@H]1C[C@@H]1CCc1ccccc1. The second kappa shape index (κ2) is 6.71. The van der Waals surface area contributed by atoms with Gasteiger partial charge >= 0.3 is 5.97 Å². The van der Waals surface area contributed by atoms with Crippen molar-refractivity contribution in [2.45, 2.75) is 38.7 Å². The van der Waals surface area contributed by atoms with Crippen LogP contribution in [-0.2, 0) is 16.0 Å². The summed E-state index contributed by atoms with van der Waals surface area (Å²) in [4.78, 5) is 11.3. The maximum Gasteiger partial charge on any atom is 0.334 e. The molecule has 0 unspecified atom stereocenters. The average molecular weight is 262 g/mol. The van der Waals surface area contributed by atoms with E-state index in [0.717, 1.165) is 19.3 Å². The Bertz CT molecular complexity index is 402. The molecule has 1 saturated carbocycles. The summed E-state index contributed by atoms with van der Waals surface area (Å²) >= 11 is 0. The Morgan fingerprint density at radius 2 is 2.11 bits per heavy atom. The molecular formula is C16H22O3. The summed E-state index contributed by atoms with van der Waals surface area (Å²) in [6.45, 7) is 2.09. The maximum absolute atomic E-state index is 11.3. The topological polar surface area (TPSA) is 46.5 Å². The monoisotopic (exact) mass is 262 g/mol. The van der Waals surface area contributed by atoms with Gasteiger partial charge in [0.1, 0.15) is 0 Å². The number of hydrogen-bond acceptors (Lipinski definition) is 3. The van der Waals surface area contributed by atoms with Gasteiger partial charge in [-0.25, -0.2) is 4.79 Å². The third-order valence-electron chi connectivity index (χ3n) is 3.80. The van der Waals surface area contributed by atoms with Crippen molar-refractivity contribution in [2.24, 2.45) is 11.8 Å². The number of ether oxygens (including phenoxy) is 1. The van der Waals surface area contributed by atoms with Gasteiger partial charge in [-0.15, -0.1) is 0 Å². The van der Waals surface area contributed by atoms with E-state index in [1.54, 1.807) is 6.92 Å². The first-order valence-corrected chi connectivity index (χ1v) is 7.09. The highest BCUT2D eigenvalue weighted by atomic mass is 16.5. The Morgan fingerprint density at radius 1 is 1.37 bits per heavy atom. The summed E-state index contributed by atoms with van der Waals surface area (Å²) in [6.07, 6.45) is 2.97. The van der Waals surface area contributed by atoms with Crippen molar-refractivity contribution in [1.29, 1.82) is 0 Å². The van der Waals surface area contributed by atoms with Crippen LogP contribution in [0.2, 0.25) is 0 Å². The number of carbonyl (C=O) groups is 1. The number of aliphatic hydroxyl groups is 1. The van der Waals surface area contributed by atoms with Crippen LogP contribution < -0.4 is 0 Å². The Morgan fingerprint density at radius 3 is 2.79 bits per heavy atom. The molecular weight excluding hydrogens is 240 g/mol. The molecule has 1 fully saturated rings. The highest BCUT2D eigenvalue weighted by Crippen LogP contribution is 2.45. The van der Waals surface area contributed by atoms with Gasteiger partial charge < -0.3 is 9.84 Å². The zero-order valence-corrected chi connectivity index (χ0v) is 11.4. The zero-order valence-electron chi connectivity index (χ0n) is 11.4. The molecule has 19 heavy (non-hydrogen) atoms. The van der Waals surface area contributed by atoms with Crippen LogP contribution in [0.15, 0.2) is 30.3 Å². The number of benzene rings is 1. The minimum atomic E-state index is -0.938. The first-order valence-electron chi connectivity index (χ1n) is 7.09. The lowest BCUT2D eigenvalue weighted by Gasteiger charge is -2.09. The minimum Gasteiger partial charge on any atom is -0.464 e. The van der Waals surface area contributed by atoms with Gasteiger partial charge in [-0.2, -0.15) is 0 Å². The average Bonchev–Trinajstić information content (AvgIpc) is 3.16. The molecule has 0 aromatic heterocycles. The second-order valence-electron chi connectivity index (χ2n) is 5.28. The fourth-order valence-corrected chi connectivity index (χ4v) is 2.57. The molecule has 104 valence electrons. The van der Waals surface area contributed by atoms with Crippen LogP contribution in [0.5, 0.6) is 0 Å². The van der Waals surface area contributed by atoms with E-state index in [9.17, 15) is 9.90 Å². The van der Waals surface area contributed by atoms with Crippen LogP contribution in [0.1, 0.15) is 31.7 Å². The predicted octanol–water partition coefficient (Wildman–Crippen LogP) is 2.57. The van der Waals surface area contributed by atoms with Gasteiger partial charge in [0.25, 0.3) is 0 Å². The van der Waals surface area contributed by atoms with Crippen LogP contribution in [0, 0.1) is 11.8 Å². The molecule has 2 rings (SSSR count). The molecule has 0 heterocycles. The van der Waals surface area contributed by atoms with Crippen LogP contribution in [0.4, 0.5) is 0 Å². The molecule has 3 nitrogen and oxygen atoms in total. The van der Waals surface area contributed by atoms with E-state index >= 15 is 0 Å². The van der Waals surface area contributed by atoms with E-state index in [4.69, 9.17) is 4.74 Å². The van der Waals surface area contributed by atoms with E-state index in [0.29, 0.717) is 24.9 Å². The molecule has 1 aliphatic carbocycles. The van der Waals surface area contributed by atoms with Gasteiger partial charge in [-0.05, 0) is 50.0 Å². The lowest BCUT2D eigenvalue weighted by Crippen LogP contribution is -2.23. The molecule has 1 aliphatic rings. The van der Waals surface area contributed by atoms with Gasteiger partial charge in [-0.1, -0.05) is 30.3 Å². The number of aliphatic hydroxyl groups excluding tert-OH is 1. The number of aryl methyl sites for hydroxylation is 1. The van der Waals surface area contributed by atoms with Gasteiger partial charge in [0.05, 0.1) is 6.61 Å². The van der Waals surface area contributed by atoms with Gasteiger partial charge in [0, 0.05) is 0 Å².